The summed E-state index contributed by atoms with van der Waals surface area (Å²) in [7, 11) is 0. The lowest BCUT2D eigenvalue weighted by Crippen LogP contribution is -2.63. The zero-order chi connectivity index (χ0) is 15.6. The number of fused-ring (bicyclic) bond motifs is 3. The van der Waals surface area contributed by atoms with Gasteiger partial charge in [0.15, 0.2) is 5.79 Å². The minimum atomic E-state index is -0.364. The van der Waals surface area contributed by atoms with Crippen LogP contribution in [0.15, 0.2) is 0 Å². The van der Waals surface area contributed by atoms with E-state index in [4.69, 9.17) is 14.2 Å². The van der Waals surface area contributed by atoms with Gasteiger partial charge in [0.05, 0.1) is 12.2 Å². The van der Waals surface area contributed by atoms with Crippen molar-refractivity contribution in [2.45, 2.75) is 82.7 Å². The summed E-state index contributed by atoms with van der Waals surface area (Å²) in [5.41, 5.74) is -0.225. The Balaban J connectivity index is 1.70. The molecular formula is C18H28O4. The molecule has 6 atom stereocenters. The molecule has 2 saturated carbocycles. The molecule has 1 unspecified atom stereocenters. The number of rotatable bonds is 2. The molecule has 2 aliphatic heterocycles. The summed E-state index contributed by atoms with van der Waals surface area (Å²) in [5.74, 6) is 0.587. The van der Waals surface area contributed by atoms with E-state index in [-0.39, 0.29) is 22.4 Å². The van der Waals surface area contributed by atoms with E-state index in [1.165, 1.54) is 12.8 Å². The molecule has 2 aliphatic carbocycles. The molecule has 2 saturated heterocycles. The third kappa shape index (κ3) is 1.80. The predicted octanol–water partition coefficient (Wildman–Crippen LogP) is 3.43. The molecule has 0 aromatic carbocycles. The molecule has 4 aliphatic rings. The lowest BCUT2D eigenvalue weighted by Gasteiger charge is -2.62. The van der Waals surface area contributed by atoms with Crippen molar-refractivity contribution in [3.63, 3.8) is 0 Å². The van der Waals surface area contributed by atoms with Crippen LogP contribution >= 0.6 is 0 Å². The Bertz CT molecular complexity index is 493. The summed E-state index contributed by atoms with van der Waals surface area (Å²) in [6, 6.07) is 0. The van der Waals surface area contributed by atoms with Gasteiger partial charge in [-0.15, -0.1) is 0 Å². The van der Waals surface area contributed by atoms with E-state index < -0.39 is 0 Å². The standard InChI is InChI=1S/C18H28O4/c1-15-7-4-8-16(2,21-12-19)13(15)6-10-18-11-20-17(3,22-18)9-5-14(15)18/h12-14H,4-11H2,1-3H3/t13?,14-,15+,16+,17+,18+/m1/s1. The largest absolute Gasteiger partial charge is 0.461 e. The normalized spacial score (nSPS) is 56.9. The van der Waals surface area contributed by atoms with Gasteiger partial charge < -0.3 is 14.2 Å². The second-order valence-corrected chi connectivity index (χ2v) is 8.66. The molecule has 0 radical (unpaired) electrons. The minimum Gasteiger partial charge on any atom is -0.461 e. The van der Waals surface area contributed by atoms with Crippen LogP contribution in [0.25, 0.3) is 0 Å². The van der Waals surface area contributed by atoms with Gasteiger partial charge in [0, 0.05) is 12.3 Å². The Hall–Kier alpha value is -0.610. The first-order chi connectivity index (χ1) is 10.4. The first-order valence-corrected chi connectivity index (χ1v) is 8.82. The molecule has 124 valence electrons. The first kappa shape index (κ1) is 14.9. The van der Waals surface area contributed by atoms with E-state index in [9.17, 15) is 4.79 Å². The monoisotopic (exact) mass is 308 g/mol. The maximum absolute atomic E-state index is 11.0. The van der Waals surface area contributed by atoms with Gasteiger partial charge in [-0.05, 0) is 63.7 Å². The summed E-state index contributed by atoms with van der Waals surface area (Å²) < 4.78 is 18.2. The van der Waals surface area contributed by atoms with Crippen LogP contribution in [-0.2, 0) is 19.0 Å². The summed E-state index contributed by atoms with van der Waals surface area (Å²) in [6.07, 6.45) is 7.57. The maximum atomic E-state index is 11.0. The zero-order valence-electron chi connectivity index (χ0n) is 14.0. The van der Waals surface area contributed by atoms with Crippen LogP contribution in [0.5, 0.6) is 0 Å². The summed E-state index contributed by atoms with van der Waals surface area (Å²) in [5, 5.41) is 0. The molecule has 2 heterocycles. The highest BCUT2D eigenvalue weighted by Crippen LogP contribution is 2.65. The summed E-state index contributed by atoms with van der Waals surface area (Å²) >= 11 is 0. The minimum absolute atomic E-state index is 0.0995. The van der Waals surface area contributed by atoms with Crippen molar-refractivity contribution in [3.05, 3.63) is 0 Å². The Labute approximate surface area is 132 Å². The molecule has 0 amide bonds. The van der Waals surface area contributed by atoms with Crippen molar-refractivity contribution < 1.29 is 19.0 Å². The van der Waals surface area contributed by atoms with Crippen molar-refractivity contribution in [2.24, 2.45) is 17.3 Å². The predicted molar refractivity (Wildman–Crippen MR) is 81.1 cm³/mol. The zero-order valence-corrected chi connectivity index (χ0v) is 14.0. The van der Waals surface area contributed by atoms with Crippen molar-refractivity contribution in [2.75, 3.05) is 6.61 Å². The highest BCUT2D eigenvalue weighted by molar-refractivity contribution is 5.39. The van der Waals surface area contributed by atoms with Crippen molar-refractivity contribution >= 4 is 6.47 Å². The van der Waals surface area contributed by atoms with Gasteiger partial charge >= 0.3 is 0 Å². The third-order valence-corrected chi connectivity index (χ3v) is 7.45. The lowest BCUT2D eigenvalue weighted by atomic mass is 9.46. The van der Waals surface area contributed by atoms with E-state index in [1.54, 1.807) is 0 Å². The highest BCUT2D eigenvalue weighted by atomic mass is 16.8. The van der Waals surface area contributed by atoms with E-state index in [2.05, 4.69) is 20.8 Å². The second kappa shape index (κ2) is 4.47. The van der Waals surface area contributed by atoms with Crippen molar-refractivity contribution in [3.8, 4) is 0 Å². The van der Waals surface area contributed by atoms with Crippen LogP contribution in [0, 0.1) is 17.3 Å². The van der Waals surface area contributed by atoms with Crippen LogP contribution < -0.4 is 0 Å². The smallest absolute Gasteiger partial charge is 0.293 e. The van der Waals surface area contributed by atoms with Gasteiger partial charge in [-0.2, -0.15) is 0 Å². The van der Waals surface area contributed by atoms with Crippen molar-refractivity contribution in [1.29, 1.82) is 0 Å². The SMILES string of the molecule is C[C@]12CC[C@H]3[C@](CCC4[C@]3(C)CCC[C@]4(C)OC=O)(CO1)O2. The molecule has 0 N–H and O–H groups in total. The van der Waals surface area contributed by atoms with E-state index in [1.807, 2.05) is 0 Å². The maximum Gasteiger partial charge on any atom is 0.293 e. The van der Waals surface area contributed by atoms with Gasteiger partial charge in [0.1, 0.15) is 5.60 Å². The number of carbonyl (C=O) groups excluding carboxylic acids is 1. The van der Waals surface area contributed by atoms with Gasteiger partial charge in [-0.3, -0.25) is 4.79 Å². The number of hydrogen-bond acceptors (Lipinski definition) is 4. The Morgan fingerprint density at radius 3 is 2.59 bits per heavy atom. The Morgan fingerprint density at radius 2 is 1.82 bits per heavy atom. The molecule has 4 fully saturated rings. The molecule has 2 bridgehead atoms. The molecule has 1 spiro atoms. The quantitative estimate of drug-likeness (QED) is 0.733. The Morgan fingerprint density at radius 1 is 1.05 bits per heavy atom. The van der Waals surface area contributed by atoms with E-state index in [0.717, 1.165) is 38.7 Å². The molecule has 22 heavy (non-hydrogen) atoms. The third-order valence-electron chi connectivity index (χ3n) is 7.45. The average Bonchev–Trinajstić information content (AvgIpc) is 2.69. The fourth-order valence-corrected chi connectivity index (χ4v) is 6.51. The van der Waals surface area contributed by atoms with Gasteiger partial charge in [-0.1, -0.05) is 6.92 Å². The molecular weight excluding hydrogens is 280 g/mol. The van der Waals surface area contributed by atoms with E-state index >= 15 is 0 Å². The average molecular weight is 308 g/mol. The molecule has 4 heteroatoms. The molecule has 4 nitrogen and oxygen atoms in total. The summed E-state index contributed by atoms with van der Waals surface area (Å²) in [4.78, 5) is 11.0. The van der Waals surface area contributed by atoms with Crippen LogP contribution in [0.3, 0.4) is 0 Å². The molecule has 0 aromatic heterocycles. The molecule has 4 rings (SSSR count). The fraction of sp³-hybridized carbons (Fsp3) is 0.944. The van der Waals surface area contributed by atoms with E-state index in [0.29, 0.717) is 18.3 Å². The van der Waals surface area contributed by atoms with Crippen LogP contribution in [0.4, 0.5) is 0 Å². The number of carbonyl (C=O) groups is 1. The van der Waals surface area contributed by atoms with Crippen molar-refractivity contribution in [1.82, 2.24) is 0 Å². The summed E-state index contributed by atoms with van der Waals surface area (Å²) in [6.45, 7) is 8.04. The second-order valence-electron chi connectivity index (χ2n) is 8.66. The fourth-order valence-electron chi connectivity index (χ4n) is 6.51. The Kier molecular flexibility index (Phi) is 3.04. The van der Waals surface area contributed by atoms with Gasteiger partial charge in [-0.25, -0.2) is 0 Å². The lowest BCUT2D eigenvalue weighted by molar-refractivity contribution is -0.267. The van der Waals surface area contributed by atoms with Crippen LogP contribution in [-0.4, -0.2) is 30.1 Å². The van der Waals surface area contributed by atoms with Crippen LogP contribution in [0.1, 0.15) is 65.7 Å². The molecule has 0 aromatic rings. The first-order valence-electron chi connectivity index (χ1n) is 8.82. The number of hydrogen-bond donors (Lipinski definition) is 0. The highest BCUT2D eigenvalue weighted by Gasteiger charge is 2.67. The van der Waals surface area contributed by atoms with Gasteiger partial charge in [0.25, 0.3) is 6.47 Å². The topological polar surface area (TPSA) is 44.8 Å². The van der Waals surface area contributed by atoms with Gasteiger partial charge in [0.2, 0.25) is 0 Å². The number of ether oxygens (including phenoxy) is 3. The van der Waals surface area contributed by atoms with Crippen LogP contribution in [0.2, 0.25) is 0 Å².